The lowest BCUT2D eigenvalue weighted by molar-refractivity contribution is 0.265. The van der Waals surface area contributed by atoms with Crippen molar-refractivity contribution in [1.82, 2.24) is 15.5 Å². The van der Waals surface area contributed by atoms with Crippen LogP contribution < -0.4 is 10.6 Å². The van der Waals surface area contributed by atoms with Crippen LogP contribution in [0.2, 0.25) is 0 Å². The topological polar surface area (TPSA) is 52.8 Å². The van der Waals surface area contributed by atoms with Crippen molar-refractivity contribution in [3.05, 3.63) is 36.1 Å². The molecule has 2 heterocycles. The summed E-state index contributed by atoms with van der Waals surface area (Å²) in [7, 11) is 1.83. The maximum Gasteiger partial charge on any atom is 0.191 e. The molecule has 2 unspecified atom stereocenters. The van der Waals surface area contributed by atoms with Gasteiger partial charge in [-0.15, -0.1) is 0 Å². The number of rotatable bonds is 5. The Kier molecular flexibility index (Phi) is 5.63. The van der Waals surface area contributed by atoms with E-state index >= 15 is 0 Å². The molecule has 2 N–H and O–H groups in total. The summed E-state index contributed by atoms with van der Waals surface area (Å²) in [5.41, 5.74) is 0.952. The van der Waals surface area contributed by atoms with Crippen molar-refractivity contribution in [1.29, 1.82) is 0 Å². The third-order valence-corrected chi connectivity index (χ3v) is 5.06. The van der Waals surface area contributed by atoms with E-state index in [4.69, 9.17) is 4.42 Å². The molecule has 136 valence electrons. The van der Waals surface area contributed by atoms with Gasteiger partial charge in [-0.2, -0.15) is 0 Å². The average Bonchev–Trinajstić information content (AvgIpc) is 3.17. The molecule has 1 saturated heterocycles. The van der Waals surface area contributed by atoms with Crippen LogP contribution in [0, 0.1) is 5.92 Å². The summed E-state index contributed by atoms with van der Waals surface area (Å²) in [6, 6.07) is 11.3. The van der Waals surface area contributed by atoms with Crippen molar-refractivity contribution >= 4 is 16.9 Å². The van der Waals surface area contributed by atoms with E-state index in [1.54, 1.807) is 0 Å². The predicted octanol–water partition coefficient (Wildman–Crippen LogP) is 2.87. The molecule has 0 amide bonds. The van der Waals surface area contributed by atoms with Gasteiger partial charge in [-0.1, -0.05) is 25.1 Å². The molecule has 0 aliphatic carbocycles. The fraction of sp³-hybridized carbons (Fsp3) is 0.550. The molecule has 1 fully saturated rings. The summed E-state index contributed by atoms with van der Waals surface area (Å²) < 4.78 is 5.87. The number of fused-ring (bicyclic) bond motifs is 1. The highest BCUT2D eigenvalue weighted by atomic mass is 16.3. The van der Waals surface area contributed by atoms with E-state index in [2.05, 4.69) is 53.4 Å². The molecule has 2 aromatic rings. The van der Waals surface area contributed by atoms with Gasteiger partial charge in [-0.3, -0.25) is 9.89 Å². The minimum Gasteiger partial charge on any atom is -0.461 e. The first-order valence-corrected chi connectivity index (χ1v) is 9.25. The molecule has 1 aromatic carbocycles. The lowest BCUT2D eigenvalue weighted by Gasteiger charge is -2.21. The molecule has 0 spiro atoms. The van der Waals surface area contributed by atoms with Crippen molar-refractivity contribution in [3.63, 3.8) is 0 Å². The average molecular weight is 342 g/mol. The number of nitrogens with one attached hydrogen (secondary N) is 2. The van der Waals surface area contributed by atoms with Crippen LogP contribution in [0.4, 0.5) is 0 Å². The number of nitrogens with zero attached hydrogens (tertiary/aromatic N) is 2. The summed E-state index contributed by atoms with van der Waals surface area (Å²) in [6.45, 7) is 9.84. The first-order valence-electron chi connectivity index (χ1n) is 9.25. The predicted molar refractivity (Wildman–Crippen MR) is 104 cm³/mol. The number of furan rings is 1. The van der Waals surface area contributed by atoms with Crippen molar-refractivity contribution in [2.75, 3.05) is 26.7 Å². The van der Waals surface area contributed by atoms with E-state index in [1.165, 1.54) is 0 Å². The van der Waals surface area contributed by atoms with Crippen molar-refractivity contribution in [2.24, 2.45) is 10.9 Å². The molecule has 5 heteroatoms. The Balaban J connectivity index is 1.49. The van der Waals surface area contributed by atoms with Gasteiger partial charge in [0.15, 0.2) is 5.96 Å². The van der Waals surface area contributed by atoms with E-state index in [9.17, 15) is 0 Å². The van der Waals surface area contributed by atoms with Gasteiger partial charge in [-0.25, -0.2) is 0 Å². The third kappa shape index (κ3) is 4.34. The summed E-state index contributed by atoms with van der Waals surface area (Å²) in [5.74, 6) is 2.50. The summed E-state index contributed by atoms with van der Waals surface area (Å²) >= 11 is 0. The Hall–Kier alpha value is -2.01. The van der Waals surface area contributed by atoms with Gasteiger partial charge in [0.05, 0.1) is 0 Å². The second-order valence-corrected chi connectivity index (χ2v) is 7.28. The van der Waals surface area contributed by atoms with Gasteiger partial charge in [0.25, 0.3) is 0 Å². The molecule has 3 rings (SSSR count). The molecule has 0 bridgehead atoms. The Morgan fingerprint density at radius 3 is 2.80 bits per heavy atom. The summed E-state index contributed by atoms with van der Waals surface area (Å²) in [4.78, 5) is 6.89. The molecule has 25 heavy (non-hydrogen) atoms. The molecule has 1 aliphatic rings. The molecule has 1 aromatic heterocycles. The van der Waals surface area contributed by atoms with Gasteiger partial charge >= 0.3 is 0 Å². The fourth-order valence-electron chi connectivity index (χ4n) is 3.45. The largest absolute Gasteiger partial charge is 0.461 e. The minimum atomic E-state index is 0.444. The second-order valence-electron chi connectivity index (χ2n) is 7.28. The quantitative estimate of drug-likeness (QED) is 0.648. The van der Waals surface area contributed by atoms with Gasteiger partial charge in [-0.05, 0) is 31.9 Å². The van der Waals surface area contributed by atoms with Gasteiger partial charge < -0.3 is 15.1 Å². The van der Waals surface area contributed by atoms with Gasteiger partial charge in [0, 0.05) is 50.6 Å². The van der Waals surface area contributed by atoms with Crippen LogP contribution in [-0.4, -0.2) is 49.6 Å². The van der Waals surface area contributed by atoms with Crippen LogP contribution in [-0.2, 0) is 6.42 Å². The van der Waals surface area contributed by atoms with Crippen LogP contribution in [0.15, 0.2) is 39.7 Å². The zero-order valence-corrected chi connectivity index (χ0v) is 15.7. The van der Waals surface area contributed by atoms with Crippen LogP contribution in [0.1, 0.15) is 26.5 Å². The molecular formula is C20H30N4O. The van der Waals surface area contributed by atoms with E-state index in [0.29, 0.717) is 18.0 Å². The number of hydrogen-bond donors (Lipinski definition) is 2. The molecule has 0 radical (unpaired) electrons. The Bertz CT molecular complexity index is 688. The maximum absolute atomic E-state index is 5.87. The van der Waals surface area contributed by atoms with Crippen molar-refractivity contribution in [3.8, 4) is 0 Å². The number of aliphatic imine (C=N–C) groups is 1. The zero-order chi connectivity index (χ0) is 17.8. The van der Waals surface area contributed by atoms with Crippen molar-refractivity contribution in [2.45, 2.75) is 39.3 Å². The standard InChI is InChI=1S/C20H30N4O/c1-14(2)24-12-15(3)18(13-24)23-20(21-4)22-10-9-17-11-16-7-5-6-8-19(16)25-17/h5-8,11,14-15,18H,9-10,12-13H2,1-4H3,(H2,21,22,23). The Morgan fingerprint density at radius 1 is 1.32 bits per heavy atom. The lowest BCUT2D eigenvalue weighted by Crippen LogP contribution is -2.47. The third-order valence-electron chi connectivity index (χ3n) is 5.06. The zero-order valence-electron chi connectivity index (χ0n) is 15.7. The van der Waals surface area contributed by atoms with Crippen molar-refractivity contribution < 1.29 is 4.42 Å². The van der Waals surface area contributed by atoms with E-state index in [0.717, 1.165) is 48.7 Å². The molecular weight excluding hydrogens is 312 g/mol. The lowest BCUT2D eigenvalue weighted by atomic mass is 10.1. The first kappa shape index (κ1) is 17.8. The highest BCUT2D eigenvalue weighted by molar-refractivity contribution is 5.80. The number of hydrogen-bond acceptors (Lipinski definition) is 3. The SMILES string of the molecule is CN=C(NCCc1cc2ccccc2o1)NC1CN(C(C)C)CC1C. The summed E-state index contributed by atoms with van der Waals surface area (Å²) in [6.07, 6.45) is 0.841. The number of likely N-dealkylation sites (tertiary alicyclic amines) is 1. The number of guanidine groups is 1. The van der Waals surface area contributed by atoms with Crippen LogP contribution in [0.3, 0.4) is 0 Å². The van der Waals surface area contributed by atoms with Crippen LogP contribution >= 0.6 is 0 Å². The Morgan fingerprint density at radius 2 is 2.12 bits per heavy atom. The fourth-order valence-corrected chi connectivity index (χ4v) is 3.45. The van der Waals surface area contributed by atoms with E-state index in [-0.39, 0.29) is 0 Å². The maximum atomic E-state index is 5.87. The van der Waals surface area contributed by atoms with Crippen LogP contribution in [0.5, 0.6) is 0 Å². The molecule has 5 nitrogen and oxygen atoms in total. The van der Waals surface area contributed by atoms with Crippen LogP contribution in [0.25, 0.3) is 11.0 Å². The van der Waals surface area contributed by atoms with Gasteiger partial charge in [0.2, 0.25) is 0 Å². The van der Waals surface area contributed by atoms with E-state index < -0.39 is 0 Å². The highest BCUT2D eigenvalue weighted by Gasteiger charge is 2.31. The normalized spacial score (nSPS) is 22.0. The van der Waals surface area contributed by atoms with E-state index in [1.807, 2.05) is 25.2 Å². The Labute approximate surface area is 150 Å². The number of para-hydroxylation sites is 1. The molecule has 1 aliphatic heterocycles. The first-order chi connectivity index (χ1) is 12.1. The summed E-state index contributed by atoms with van der Waals surface area (Å²) in [5, 5.41) is 8.15. The monoisotopic (exact) mass is 342 g/mol. The smallest absolute Gasteiger partial charge is 0.191 e. The number of benzene rings is 1. The van der Waals surface area contributed by atoms with Gasteiger partial charge in [0.1, 0.15) is 11.3 Å². The molecule has 2 atom stereocenters. The highest BCUT2D eigenvalue weighted by Crippen LogP contribution is 2.19. The minimum absolute atomic E-state index is 0.444. The second kappa shape index (κ2) is 7.91. The molecule has 0 saturated carbocycles.